The van der Waals surface area contributed by atoms with Gasteiger partial charge < -0.3 is 9.47 Å². The van der Waals surface area contributed by atoms with Crippen LogP contribution in [-0.2, 0) is 9.47 Å². The van der Waals surface area contributed by atoms with Crippen LogP contribution in [0.25, 0.3) is 5.57 Å². The molecule has 126 valence electrons. The summed E-state index contributed by atoms with van der Waals surface area (Å²) in [7, 11) is 0. The molecule has 1 fully saturated rings. The van der Waals surface area contributed by atoms with Crippen LogP contribution in [0.4, 0.5) is 8.78 Å². The van der Waals surface area contributed by atoms with E-state index in [0.717, 1.165) is 56.5 Å². The molecule has 1 saturated heterocycles. The summed E-state index contributed by atoms with van der Waals surface area (Å²) in [6.07, 6.45) is 6.96. The second-order valence-electron chi connectivity index (χ2n) is 6.58. The lowest BCUT2D eigenvalue weighted by Crippen LogP contribution is -2.37. The molecule has 0 N–H and O–H groups in total. The Morgan fingerprint density at radius 3 is 2.52 bits per heavy atom. The topological polar surface area (TPSA) is 18.5 Å². The lowest BCUT2D eigenvalue weighted by molar-refractivity contribution is -0.225. The van der Waals surface area contributed by atoms with Crippen molar-refractivity contribution in [2.75, 3.05) is 13.2 Å². The van der Waals surface area contributed by atoms with Crippen LogP contribution in [-0.4, -0.2) is 19.5 Å². The van der Waals surface area contributed by atoms with Crippen LogP contribution in [0.5, 0.6) is 0 Å². The van der Waals surface area contributed by atoms with Gasteiger partial charge in [0.2, 0.25) is 0 Å². The van der Waals surface area contributed by atoms with Gasteiger partial charge in [-0.15, -0.1) is 0 Å². The van der Waals surface area contributed by atoms with Crippen LogP contribution in [0.2, 0.25) is 0 Å². The highest BCUT2D eigenvalue weighted by Gasteiger charge is 2.30. The van der Waals surface area contributed by atoms with Crippen molar-refractivity contribution < 1.29 is 18.3 Å². The third-order valence-electron chi connectivity index (χ3n) is 4.82. The molecule has 23 heavy (non-hydrogen) atoms. The first-order valence-corrected chi connectivity index (χ1v) is 8.55. The summed E-state index contributed by atoms with van der Waals surface area (Å²) in [5, 5.41) is 0. The first kappa shape index (κ1) is 16.6. The summed E-state index contributed by atoms with van der Waals surface area (Å²) < 4.78 is 38.2. The Hall–Kier alpha value is -1.26. The fraction of sp³-hybridized carbons (Fsp3) is 0.579. The van der Waals surface area contributed by atoms with Gasteiger partial charge in [-0.2, -0.15) is 0 Å². The van der Waals surface area contributed by atoms with Crippen LogP contribution in [0, 0.1) is 23.5 Å². The van der Waals surface area contributed by atoms with Gasteiger partial charge in [-0.3, -0.25) is 0 Å². The molecule has 1 aromatic rings. The number of benzene rings is 1. The van der Waals surface area contributed by atoms with E-state index in [1.807, 2.05) is 0 Å². The molecule has 0 aromatic heterocycles. The first-order valence-electron chi connectivity index (χ1n) is 8.55. The Balaban J connectivity index is 1.57. The minimum Gasteiger partial charge on any atom is -0.352 e. The predicted molar refractivity (Wildman–Crippen MR) is 85.8 cm³/mol. The molecule has 2 nitrogen and oxygen atoms in total. The molecule has 3 rings (SSSR count). The summed E-state index contributed by atoms with van der Waals surface area (Å²) in [6, 6.07) is 4.12. The van der Waals surface area contributed by atoms with Gasteiger partial charge in [0.25, 0.3) is 0 Å². The molecule has 1 heterocycles. The van der Waals surface area contributed by atoms with E-state index < -0.39 is 11.6 Å². The van der Waals surface area contributed by atoms with Crippen LogP contribution in [0.1, 0.15) is 44.6 Å². The van der Waals surface area contributed by atoms with Crippen molar-refractivity contribution in [3.63, 3.8) is 0 Å². The van der Waals surface area contributed by atoms with Gasteiger partial charge >= 0.3 is 0 Å². The van der Waals surface area contributed by atoms with Gasteiger partial charge in [0.15, 0.2) is 17.9 Å². The Labute approximate surface area is 136 Å². The number of rotatable bonds is 4. The fourth-order valence-electron chi connectivity index (χ4n) is 3.46. The van der Waals surface area contributed by atoms with E-state index in [-0.39, 0.29) is 6.29 Å². The maximum Gasteiger partial charge on any atom is 0.160 e. The van der Waals surface area contributed by atoms with Crippen LogP contribution in [0.15, 0.2) is 24.3 Å². The van der Waals surface area contributed by atoms with E-state index in [9.17, 15) is 8.78 Å². The molecular formula is C19H24F2O2. The summed E-state index contributed by atoms with van der Waals surface area (Å²) in [5.74, 6) is -0.708. The quantitative estimate of drug-likeness (QED) is 0.782. The monoisotopic (exact) mass is 322 g/mol. The molecule has 1 aromatic carbocycles. The molecule has 1 atom stereocenters. The number of hydrogen-bond donors (Lipinski definition) is 0. The average Bonchev–Trinajstić information content (AvgIpc) is 2.59. The van der Waals surface area contributed by atoms with E-state index in [1.54, 1.807) is 6.07 Å². The van der Waals surface area contributed by atoms with E-state index in [4.69, 9.17) is 9.47 Å². The maximum atomic E-state index is 13.4. The Morgan fingerprint density at radius 1 is 1.13 bits per heavy atom. The van der Waals surface area contributed by atoms with Crippen molar-refractivity contribution in [2.45, 2.75) is 45.3 Å². The first-order chi connectivity index (χ1) is 11.2. The number of allylic oxidation sites excluding steroid dienone is 2. The molecular weight excluding hydrogens is 298 g/mol. The number of hydrogen-bond acceptors (Lipinski definition) is 2. The minimum absolute atomic E-state index is 0.120. The van der Waals surface area contributed by atoms with Gasteiger partial charge in [-0.25, -0.2) is 8.78 Å². The number of ether oxygens (including phenoxy) is 2. The lowest BCUT2D eigenvalue weighted by Gasteiger charge is -2.35. The van der Waals surface area contributed by atoms with Gasteiger partial charge in [0.05, 0.1) is 13.2 Å². The summed E-state index contributed by atoms with van der Waals surface area (Å²) in [6.45, 7) is 3.75. The molecule has 0 spiro atoms. The van der Waals surface area contributed by atoms with Gasteiger partial charge in [-0.05, 0) is 49.0 Å². The summed E-state index contributed by atoms with van der Waals surface area (Å²) in [4.78, 5) is 0. The minimum atomic E-state index is -0.798. The van der Waals surface area contributed by atoms with Gasteiger partial charge in [0, 0.05) is 11.8 Å². The van der Waals surface area contributed by atoms with Crippen molar-refractivity contribution in [1.82, 2.24) is 0 Å². The Bertz CT molecular complexity index is 562. The van der Waals surface area contributed by atoms with Crippen LogP contribution >= 0.6 is 0 Å². The molecule has 0 saturated carbocycles. The van der Waals surface area contributed by atoms with Gasteiger partial charge in [0.1, 0.15) is 0 Å². The third-order valence-corrected chi connectivity index (χ3v) is 4.82. The fourth-order valence-corrected chi connectivity index (χ4v) is 3.46. The van der Waals surface area contributed by atoms with E-state index >= 15 is 0 Å². The Morgan fingerprint density at radius 2 is 1.91 bits per heavy atom. The molecule has 1 unspecified atom stereocenters. The second-order valence-corrected chi connectivity index (χ2v) is 6.58. The van der Waals surface area contributed by atoms with Crippen LogP contribution < -0.4 is 0 Å². The predicted octanol–water partition coefficient (Wildman–Crippen LogP) is 4.94. The standard InChI is InChI=1S/C19H24F2O2/c1-2-3-13-11-22-19(23-12-13)15-6-4-14(5-7-15)16-8-9-17(20)18(21)10-16/h4,8-10,13,15,19H,2-3,5-7,11-12H2,1H3. The van der Waals surface area contributed by atoms with E-state index in [2.05, 4.69) is 13.0 Å². The lowest BCUT2D eigenvalue weighted by atomic mass is 9.86. The van der Waals surface area contributed by atoms with Crippen molar-refractivity contribution in [2.24, 2.45) is 11.8 Å². The van der Waals surface area contributed by atoms with Crippen LogP contribution in [0.3, 0.4) is 0 Å². The largest absolute Gasteiger partial charge is 0.352 e. The number of halogens is 2. The van der Waals surface area contributed by atoms with E-state index in [1.165, 1.54) is 12.1 Å². The second kappa shape index (κ2) is 7.54. The molecule has 4 heteroatoms. The van der Waals surface area contributed by atoms with Gasteiger partial charge in [-0.1, -0.05) is 25.5 Å². The van der Waals surface area contributed by atoms with Crippen molar-refractivity contribution in [3.8, 4) is 0 Å². The van der Waals surface area contributed by atoms with Crippen molar-refractivity contribution in [3.05, 3.63) is 41.5 Å². The molecule has 2 aliphatic rings. The molecule has 0 amide bonds. The Kier molecular flexibility index (Phi) is 5.44. The highest BCUT2D eigenvalue weighted by molar-refractivity contribution is 5.66. The summed E-state index contributed by atoms with van der Waals surface area (Å²) in [5.41, 5.74) is 1.86. The zero-order valence-electron chi connectivity index (χ0n) is 13.6. The van der Waals surface area contributed by atoms with Crippen molar-refractivity contribution >= 4 is 5.57 Å². The zero-order valence-corrected chi connectivity index (χ0v) is 13.6. The smallest absolute Gasteiger partial charge is 0.160 e. The average molecular weight is 322 g/mol. The molecule has 0 bridgehead atoms. The maximum absolute atomic E-state index is 13.4. The molecule has 1 aliphatic carbocycles. The van der Waals surface area contributed by atoms with Crippen molar-refractivity contribution in [1.29, 1.82) is 0 Å². The SMILES string of the molecule is CCCC1COC(C2CC=C(c3ccc(F)c(F)c3)CC2)OC1. The highest BCUT2D eigenvalue weighted by atomic mass is 19.2. The third kappa shape index (κ3) is 3.99. The van der Waals surface area contributed by atoms with E-state index in [0.29, 0.717) is 11.8 Å². The normalized spacial score (nSPS) is 28.5. The molecule has 0 radical (unpaired) electrons. The molecule has 1 aliphatic heterocycles. The zero-order chi connectivity index (χ0) is 16.2. The highest BCUT2D eigenvalue weighted by Crippen LogP contribution is 2.35. The summed E-state index contributed by atoms with van der Waals surface area (Å²) >= 11 is 0.